The third-order valence-electron chi connectivity index (χ3n) is 6.46. The molecule has 0 saturated carbocycles. The molecule has 0 aromatic heterocycles. The summed E-state index contributed by atoms with van der Waals surface area (Å²) in [6.07, 6.45) is 2.50. The Morgan fingerprint density at radius 2 is 1.88 bits per heavy atom. The van der Waals surface area contributed by atoms with Crippen LogP contribution < -0.4 is 10.6 Å². The molecular weight excluding hydrogens is 422 g/mol. The van der Waals surface area contributed by atoms with Crippen LogP contribution in [0.1, 0.15) is 45.6 Å². The highest BCUT2D eigenvalue weighted by molar-refractivity contribution is 5.94. The van der Waals surface area contributed by atoms with E-state index in [9.17, 15) is 14.4 Å². The first-order chi connectivity index (χ1) is 15.8. The summed E-state index contributed by atoms with van der Waals surface area (Å²) in [5, 5.41) is 5.79. The van der Waals surface area contributed by atoms with Crippen LogP contribution in [0.3, 0.4) is 0 Å². The maximum Gasteiger partial charge on any atom is 0.318 e. The van der Waals surface area contributed by atoms with Crippen molar-refractivity contribution in [3.63, 3.8) is 0 Å². The Bertz CT molecular complexity index is 808. The molecule has 33 heavy (non-hydrogen) atoms. The van der Waals surface area contributed by atoms with Crippen molar-refractivity contribution >= 4 is 17.7 Å². The Hall–Kier alpha value is -2.45. The summed E-state index contributed by atoms with van der Waals surface area (Å²) in [5.41, 5.74) is 1.03. The quantitative estimate of drug-likeness (QED) is 0.591. The zero-order valence-electron chi connectivity index (χ0n) is 20.0. The van der Waals surface area contributed by atoms with Crippen molar-refractivity contribution in [2.75, 3.05) is 32.9 Å². The predicted octanol–water partition coefficient (Wildman–Crippen LogP) is 2.31. The number of nitrogens with one attached hydrogen (secondary N) is 2. The van der Waals surface area contributed by atoms with Gasteiger partial charge in [-0.2, -0.15) is 0 Å². The summed E-state index contributed by atoms with van der Waals surface area (Å²) in [7, 11) is 0. The van der Waals surface area contributed by atoms with Crippen molar-refractivity contribution in [3.05, 3.63) is 35.9 Å². The highest BCUT2D eigenvalue weighted by atomic mass is 16.5. The normalized spacial score (nSPS) is 22.2. The molecule has 2 unspecified atom stereocenters. The van der Waals surface area contributed by atoms with Crippen LogP contribution in [0.25, 0.3) is 0 Å². The molecule has 0 spiro atoms. The summed E-state index contributed by atoms with van der Waals surface area (Å²) >= 11 is 0. The standard InChI is InChI=1S/C25H37N3O5/c1-4-21-22(20(29)17-33-21)27-23(30)19(26-24(31)28-12-14-32-15-13-28)16-25(2,3)11-10-18-8-6-5-7-9-18/h5-9,19,21-22H,4,10-17H2,1-3H3,(H,26,31)(H,27,30)/t19-,21?,22?/m0/s1. The van der Waals surface area contributed by atoms with Gasteiger partial charge in [0.1, 0.15) is 18.7 Å². The summed E-state index contributed by atoms with van der Waals surface area (Å²) in [5.74, 6) is -0.469. The first-order valence-corrected chi connectivity index (χ1v) is 11.9. The van der Waals surface area contributed by atoms with Gasteiger partial charge >= 0.3 is 6.03 Å². The Morgan fingerprint density at radius 3 is 2.55 bits per heavy atom. The van der Waals surface area contributed by atoms with Crippen molar-refractivity contribution < 1.29 is 23.9 Å². The van der Waals surface area contributed by atoms with E-state index in [-0.39, 0.29) is 35.8 Å². The van der Waals surface area contributed by atoms with Crippen LogP contribution in [0.15, 0.2) is 30.3 Å². The van der Waals surface area contributed by atoms with Crippen LogP contribution in [0, 0.1) is 5.41 Å². The molecule has 0 bridgehead atoms. The topological polar surface area (TPSA) is 97.0 Å². The van der Waals surface area contributed by atoms with E-state index in [1.807, 2.05) is 25.1 Å². The van der Waals surface area contributed by atoms with Crippen molar-refractivity contribution in [1.29, 1.82) is 0 Å². The monoisotopic (exact) mass is 459 g/mol. The lowest BCUT2D eigenvalue weighted by Crippen LogP contribution is -2.57. The molecule has 1 aromatic rings. The lowest BCUT2D eigenvalue weighted by Gasteiger charge is -2.33. The molecule has 2 N–H and O–H groups in total. The van der Waals surface area contributed by atoms with Gasteiger partial charge in [-0.05, 0) is 36.7 Å². The first kappa shape index (κ1) is 25.2. The average Bonchev–Trinajstić information content (AvgIpc) is 3.17. The lowest BCUT2D eigenvalue weighted by molar-refractivity contribution is -0.128. The number of morpholine rings is 1. The van der Waals surface area contributed by atoms with Gasteiger partial charge in [0.2, 0.25) is 5.91 Å². The second-order valence-electron chi connectivity index (χ2n) is 9.67. The number of hydrogen-bond donors (Lipinski definition) is 2. The SMILES string of the molecule is CCC1OCC(=O)C1NC(=O)[C@H](CC(C)(C)CCc1ccccc1)NC(=O)N1CCOCC1. The molecule has 8 nitrogen and oxygen atoms in total. The van der Waals surface area contributed by atoms with E-state index in [4.69, 9.17) is 9.47 Å². The number of nitrogens with zero attached hydrogens (tertiary/aromatic N) is 1. The predicted molar refractivity (Wildman–Crippen MR) is 125 cm³/mol. The Labute approximate surface area is 196 Å². The highest BCUT2D eigenvalue weighted by Gasteiger charge is 2.38. The minimum atomic E-state index is -0.753. The molecule has 2 aliphatic heterocycles. The number of benzene rings is 1. The van der Waals surface area contributed by atoms with Crippen LogP contribution in [-0.4, -0.2) is 73.7 Å². The number of aryl methyl sites for hydroxylation is 1. The van der Waals surface area contributed by atoms with Crippen molar-refractivity contribution in [3.8, 4) is 0 Å². The van der Waals surface area contributed by atoms with Gasteiger partial charge in [-0.15, -0.1) is 0 Å². The van der Waals surface area contributed by atoms with Gasteiger partial charge in [0.15, 0.2) is 5.78 Å². The van der Waals surface area contributed by atoms with E-state index in [0.717, 1.165) is 12.8 Å². The molecule has 8 heteroatoms. The van der Waals surface area contributed by atoms with Crippen molar-refractivity contribution in [1.82, 2.24) is 15.5 Å². The summed E-state index contributed by atoms with van der Waals surface area (Å²) in [4.78, 5) is 40.1. The fourth-order valence-corrected chi connectivity index (χ4v) is 4.36. The minimum absolute atomic E-state index is 0.0107. The van der Waals surface area contributed by atoms with E-state index < -0.39 is 12.1 Å². The molecule has 2 heterocycles. The molecule has 2 fully saturated rings. The number of amides is 3. The Morgan fingerprint density at radius 1 is 1.18 bits per heavy atom. The van der Waals surface area contributed by atoms with Crippen LogP contribution in [-0.2, 0) is 25.5 Å². The highest BCUT2D eigenvalue weighted by Crippen LogP contribution is 2.29. The molecule has 3 atom stereocenters. The van der Waals surface area contributed by atoms with Crippen molar-refractivity contribution in [2.24, 2.45) is 5.41 Å². The number of ketones is 1. The molecule has 2 aliphatic rings. The molecule has 0 radical (unpaired) electrons. The molecule has 182 valence electrons. The molecule has 3 rings (SSSR count). The largest absolute Gasteiger partial charge is 0.378 e. The third-order valence-corrected chi connectivity index (χ3v) is 6.46. The maximum atomic E-state index is 13.3. The fourth-order valence-electron chi connectivity index (χ4n) is 4.36. The van der Waals surface area contributed by atoms with Gasteiger partial charge in [0.05, 0.1) is 19.3 Å². The van der Waals surface area contributed by atoms with Crippen LogP contribution in [0.5, 0.6) is 0 Å². The number of ether oxygens (including phenoxy) is 2. The van der Waals surface area contributed by atoms with Crippen LogP contribution in [0.4, 0.5) is 4.79 Å². The molecular formula is C25H37N3O5. The summed E-state index contributed by atoms with van der Waals surface area (Å²) < 4.78 is 10.8. The number of Topliss-reactive ketones (excluding diaryl/α,β-unsaturated/α-hetero) is 1. The molecule has 2 saturated heterocycles. The Kier molecular flexibility index (Phi) is 8.86. The fraction of sp³-hybridized carbons (Fsp3) is 0.640. The smallest absolute Gasteiger partial charge is 0.318 e. The maximum absolute atomic E-state index is 13.3. The second kappa shape index (κ2) is 11.6. The zero-order valence-corrected chi connectivity index (χ0v) is 20.0. The minimum Gasteiger partial charge on any atom is -0.378 e. The molecule has 3 amide bonds. The van der Waals surface area contributed by atoms with Gasteiger partial charge in [-0.1, -0.05) is 51.1 Å². The van der Waals surface area contributed by atoms with Crippen LogP contribution in [0.2, 0.25) is 0 Å². The number of carbonyl (C=O) groups excluding carboxylic acids is 3. The first-order valence-electron chi connectivity index (χ1n) is 11.9. The Balaban J connectivity index is 1.68. The van der Waals surface area contributed by atoms with Gasteiger partial charge < -0.3 is 25.0 Å². The second-order valence-corrected chi connectivity index (χ2v) is 9.67. The van der Waals surface area contributed by atoms with Gasteiger partial charge in [0, 0.05) is 13.1 Å². The summed E-state index contributed by atoms with van der Waals surface area (Å²) in [6.45, 7) is 8.10. The lowest BCUT2D eigenvalue weighted by atomic mass is 9.80. The average molecular weight is 460 g/mol. The van der Waals surface area contributed by atoms with Gasteiger partial charge in [-0.3, -0.25) is 9.59 Å². The van der Waals surface area contributed by atoms with E-state index in [0.29, 0.717) is 39.1 Å². The third kappa shape index (κ3) is 7.27. The van der Waals surface area contributed by atoms with E-state index in [1.54, 1.807) is 4.90 Å². The van der Waals surface area contributed by atoms with Gasteiger partial charge in [0.25, 0.3) is 0 Å². The zero-order chi connectivity index (χ0) is 23.8. The molecule has 0 aliphatic carbocycles. The van der Waals surface area contributed by atoms with Crippen molar-refractivity contribution in [2.45, 2.75) is 64.6 Å². The number of urea groups is 1. The van der Waals surface area contributed by atoms with Gasteiger partial charge in [-0.25, -0.2) is 4.79 Å². The summed E-state index contributed by atoms with van der Waals surface area (Å²) in [6, 6.07) is 8.52. The number of rotatable bonds is 9. The van der Waals surface area contributed by atoms with Crippen LogP contribution >= 0.6 is 0 Å². The van der Waals surface area contributed by atoms with E-state index in [1.165, 1.54) is 5.56 Å². The number of carbonyl (C=O) groups is 3. The number of hydrogen-bond acceptors (Lipinski definition) is 5. The van der Waals surface area contributed by atoms with E-state index in [2.05, 4.69) is 36.6 Å². The molecule has 1 aromatic carbocycles. The van der Waals surface area contributed by atoms with E-state index >= 15 is 0 Å².